The Balaban J connectivity index is 1.39. The van der Waals surface area contributed by atoms with Gasteiger partial charge in [0.1, 0.15) is 11.5 Å². The molecule has 25 heavy (non-hydrogen) atoms. The maximum atomic E-state index is 5.75. The van der Waals surface area contributed by atoms with Crippen molar-refractivity contribution in [3.8, 4) is 17.4 Å². The largest absolute Gasteiger partial charge is 0.497 e. The zero-order valence-corrected chi connectivity index (χ0v) is 13.9. The number of aromatic nitrogens is 2. The van der Waals surface area contributed by atoms with Crippen LogP contribution in [-0.2, 0) is 0 Å². The molecule has 0 amide bonds. The second-order valence-corrected chi connectivity index (χ2v) is 6.00. The topological polar surface area (TPSA) is 56.3 Å². The molecule has 1 N–H and O–H groups in total. The fourth-order valence-corrected chi connectivity index (χ4v) is 2.82. The molecule has 4 rings (SSSR count). The molecule has 5 nitrogen and oxygen atoms in total. The number of nitrogens with zero attached hydrogens (tertiary/aromatic N) is 2. The smallest absolute Gasteiger partial charge is 0.226 e. The van der Waals surface area contributed by atoms with Crippen molar-refractivity contribution in [1.29, 1.82) is 0 Å². The summed E-state index contributed by atoms with van der Waals surface area (Å²) in [5.74, 6) is 3.24. The lowest BCUT2D eigenvalue weighted by Crippen LogP contribution is -2.07. The van der Waals surface area contributed by atoms with Crippen LogP contribution in [0.3, 0.4) is 0 Å². The maximum Gasteiger partial charge on any atom is 0.226 e. The van der Waals surface area contributed by atoms with Gasteiger partial charge in [0, 0.05) is 24.2 Å². The monoisotopic (exact) mass is 333 g/mol. The van der Waals surface area contributed by atoms with Crippen molar-refractivity contribution >= 4 is 5.95 Å². The van der Waals surface area contributed by atoms with Crippen molar-refractivity contribution in [1.82, 2.24) is 9.97 Å². The van der Waals surface area contributed by atoms with Gasteiger partial charge in [-0.25, -0.2) is 4.98 Å². The zero-order chi connectivity index (χ0) is 17.1. The third kappa shape index (κ3) is 3.71. The second-order valence-electron chi connectivity index (χ2n) is 6.00. The van der Waals surface area contributed by atoms with Gasteiger partial charge in [-0.05, 0) is 36.2 Å². The highest BCUT2D eigenvalue weighted by molar-refractivity contribution is 5.40. The van der Waals surface area contributed by atoms with Crippen LogP contribution in [0, 0.1) is 0 Å². The minimum atomic E-state index is 0.348. The quantitative estimate of drug-likeness (QED) is 0.731. The normalized spacial score (nSPS) is 18.4. The molecule has 1 heterocycles. The highest BCUT2D eigenvalue weighted by Crippen LogP contribution is 2.42. The molecular formula is C20H19N3O2. The summed E-state index contributed by atoms with van der Waals surface area (Å²) in [4.78, 5) is 8.73. The lowest BCUT2D eigenvalue weighted by atomic mass is 10.1. The van der Waals surface area contributed by atoms with E-state index < -0.39 is 0 Å². The first-order valence-corrected chi connectivity index (χ1v) is 8.28. The molecule has 5 heteroatoms. The molecule has 1 aliphatic rings. The van der Waals surface area contributed by atoms with Crippen molar-refractivity contribution in [2.75, 3.05) is 12.4 Å². The molecule has 1 fully saturated rings. The summed E-state index contributed by atoms with van der Waals surface area (Å²) < 4.78 is 11.0. The van der Waals surface area contributed by atoms with Crippen LogP contribution < -0.4 is 14.8 Å². The van der Waals surface area contributed by atoms with Crippen LogP contribution >= 0.6 is 0 Å². The van der Waals surface area contributed by atoms with Gasteiger partial charge in [-0.15, -0.1) is 0 Å². The summed E-state index contributed by atoms with van der Waals surface area (Å²) in [6.45, 7) is 0. The van der Waals surface area contributed by atoms with E-state index in [1.807, 2.05) is 42.5 Å². The lowest BCUT2D eigenvalue weighted by molar-refractivity contribution is 0.414. The third-order valence-corrected chi connectivity index (χ3v) is 4.24. The molecule has 0 radical (unpaired) electrons. The fourth-order valence-electron chi connectivity index (χ4n) is 2.82. The predicted octanol–water partition coefficient (Wildman–Crippen LogP) is 4.25. The number of rotatable bonds is 6. The number of anilines is 1. The van der Waals surface area contributed by atoms with Crippen LogP contribution in [0.5, 0.6) is 17.4 Å². The van der Waals surface area contributed by atoms with E-state index in [0.29, 0.717) is 23.8 Å². The van der Waals surface area contributed by atoms with Gasteiger partial charge in [0.2, 0.25) is 11.8 Å². The molecule has 2 aromatic carbocycles. The maximum absolute atomic E-state index is 5.75. The van der Waals surface area contributed by atoms with Crippen LogP contribution in [0.4, 0.5) is 5.95 Å². The number of benzene rings is 2. The summed E-state index contributed by atoms with van der Waals surface area (Å²) in [6.07, 6.45) is 2.78. The van der Waals surface area contributed by atoms with Crippen LogP contribution in [0.15, 0.2) is 66.9 Å². The number of hydrogen-bond acceptors (Lipinski definition) is 5. The zero-order valence-electron chi connectivity index (χ0n) is 13.9. The Hall–Kier alpha value is -3.08. The summed E-state index contributed by atoms with van der Waals surface area (Å²) in [6, 6.07) is 19.9. The minimum absolute atomic E-state index is 0.348. The van der Waals surface area contributed by atoms with Crippen molar-refractivity contribution < 1.29 is 9.47 Å². The van der Waals surface area contributed by atoms with Gasteiger partial charge >= 0.3 is 0 Å². The molecule has 1 aliphatic carbocycles. The van der Waals surface area contributed by atoms with E-state index in [0.717, 1.165) is 17.9 Å². The van der Waals surface area contributed by atoms with Crippen molar-refractivity contribution in [3.05, 3.63) is 72.4 Å². The molecule has 0 saturated heterocycles. The Kier molecular flexibility index (Phi) is 4.21. The third-order valence-electron chi connectivity index (χ3n) is 4.24. The molecule has 0 spiro atoms. The number of nitrogens with one attached hydrogen (secondary N) is 1. The summed E-state index contributed by atoms with van der Waals surface area (Å²) in [7, 11) is 1.68. The predicted molar refractivity (Wildman–Crippen MR) is 96.3 cm³/mol. The van der Waals surface area contributed by atoms with Crippen molar-refractivity contribution in [2.45, 2.75) is 18.4 Å². The Morgan fingerprint density at radius 3 is 2.52 bits per heavy atom. The number of para-hydroxylation sites is 1. The summed E-state index contributed by atoms with van der Waals surface area (Å²) in [5.41, 5.74) is 1.30. The Labute approximate surface area is 146 Å². The van der Waals surface area contributed by atoms with Gasteiger partial charge < -0.3 is 14.8 Å². The van der Waals surface area contributed by atoms with Crippen molar-refractivity contribution in [2.24, 2.45) is 0 Å². The van der Waals surface area contributed by atoms with Gasteiger partial charge in [0.25, 0.3) is 0 Å². The first kappa shape index (κ1) is 15.4. The number of methoxy groups -OCH3 is 1. The van der Waals surface area contributed by atoms with Crippen LogP contribution in [0.25, 0.3) is 0 Å². The molecule has 1 saturated carbocycles. The van der Waals surface area contributed by atoms with Crippen LogP contribution in [0.1, 0.15) is 17.9 Å². The van der Waals surface area contributed by atoms with E-state index in [9.17, 15) is 0 Å². The molecular weight excluding hydrogens is 314 g/mol. The van der Waals surface area contributed by atoms with E-state index in [-0.39, 0.29) is 0 Å². The summed E-state index contributed by atoms with van der Waals surface area (Å²) in [5, 5.41) is 3.39. The number of hydrogen-bond donors (Lipinski definition) is 1. The van der Waals surface area contributed by atoms with E-state index in [1.165, 1.54) is 5.56 Å². The molecule has 0 aliphatic heterocycles. The van der Waals surface area contributed by atoms with E-state index in [4.69, 9.17) is 9.47 Å². The average molecular weight is 333 g/mol. The second kappa shape index (κ2) is 6.81. The molecule has 1 aromatic heterocycles. The van der Waals surface area contributed by atoms with Gasteiger partial charge in [-0.3, -0.25) is 0 Å². The Morgan fingerprint density at radius 2 is 1.76 bits per heavy atom. The van der Waals surface area contributed by atoms with Gasteiger partial charge in [-0.1, -0.05) is 30.3 Å². The molecule has 0 unspecified atom stereocenters. The lowest BCUT2D eigenvalue weighted by Gasteiger charge is -2.08. The number of ether oxygens (including phenoxy) is 2. The van der Waals surface area contributed by atoms with Gasteiger partial charge in [0.05, 0.1) is 7.11 Å². The van der Waals surface area contributed by atoms with Crippen molar-refractivity contribution in [3.63, 3.8) is 0 Å². The molecule has 0 bridgehead atoms. The minimum Gasteiger partial charge on any atom is -0.497 e. The fraction of sp³-hybridized carbons (Fsp3) is 0.200. The van der Waals surface area contributed by atoms with Gasteiger partial charge in [-0.2, -0.15) is 4.98 Å². The summed E-state index contributed by atoms with van der Waals surface area (Å²) >= 11 is 0. The Bertz CT molecular complexity index is 837. The standard InChI is InChI=1S/C20H19N3O2/c1-24-15-9-7-14(8-10-15)17-13-18(17)22-20-21-12-11-19(23-20)25-16-5-3-2-4-6-16/h2-12,17-18H,13H2,1H3,(H,21,22,23)/t17-,18+/m0/s1. The first-order chi connectivity index (χ1) is 12.3. The van der Waals surface area contributed by atoms with E-state index in [1.54, 1.807) is 19.4 Å². The molecule has 3 aromatic rings. The molecule has 2 atom stereocenters. The molecule has 126 valence electrons. The van der Waals surface area contributed by atoms with Crippen LogP contribution in [0.2, 0.25) is 0 Å². The van der Waals surface area contributed by atoms with E-state index >= 15 is 0 Å². The SMILES string of the molecule is COc1ccc([C@@H]2C[C@H]2Nc2nccc(Oc3ccccc3)n2)cc1. The van der Waals surface area contributed by atoms with Crippen LogP contribution in [-0.4, -0.2) is 23.1 Å². The van der Waals surface area contributed by atoms with Gasteiger partial charge in [0.15, 0.2) is 0 Å². The first-order valence-electron chi connectivity index (χ1n) is 8.28. The Morgan fingerprint density at radius 1 is 0.960 bits per heavy atom. The van der Waals surface area contributed by atoms with E-state index in [2.05, 4.69) is 27.4 Å². The average Bonchev–Trinajstić information content (AvgIpc) is 3.42. The highest BCUT2D eigenvalue weighted by Gasteiger charge is 2.38. The highest BCUT2D eigenvalue weighted by atomic mass is 16.5.